The van der Waals surface area contributed by atoms with E-state index in [1.165, 1.54) is 12.8 Å². The molecule has 0 bridgehead atoms. The summed E-state index contributed by atoms with van der Waals surface area (Å²) in [6.07, 6.45) is 5.95. The van der Waals surface area contributed by atoms with Crippen molar-refractivity contribution in [3.8, 4) is 0 Å². The maximum Gasteiger partial charge on any atom is 0.339 e. The monoisotopic (exact) mass is 338 g/mol. The number of rotatable bonds is 10. The summed E-state index contributed by atoms with van der Waals surface area (Å²) >= 11 is 0. The molecule has 2 aromatic carbocycles. The van der Waals surface area contributed by atoms with Gasteiger partial charge >= 0.3 is 5.97 Å². The molecule has 0 fully saturated rings. The quantitative estimate of drug-likeness (QED) is 0.322. The largest absolute Gasteiger partial charge is 0.457 e. The second-order valence-electron chi connectivity index (χ2n) is 6.19. The van der Waals surface area contributed by atoms with E-state index in [1.807, 2.05) is 30.3 Å². The molecule has 0 heterocycles. The lowest BCUT2D eigenvalue weighted by molar-refractivity contribution is 0.0469. The second kappa shape index (κ2) is 10.4. The van der Waals surface area contributed by atoms with E-state index in [-0.39, 0.29) is 12.4 Å². The number of carbonyl (C=O) groups excluding carboxylic acids is 2. The molecule has 0 aromatic heterocycles. The molecule has 0 aliphatic rings. The number of esters is 1. The molecule has 2 rings (SSSR count). The highest BCUT2D eigenvalue weighted by atomic mass is 16.5. The molecule has 3 nitrogen and oxygen atoms in total. The van der Waals surface area contributed by atoms with Crippen LogP contribution in [-0.4, -0.2) is 11.8 Å². The molecule has 0 N–H and O–H groups in total. The van der Waals surface area contributed by atoms with Crippen molar-refractivity contribution in [2.75, 3.05) is 0 Å². The maximum atomic E-state index is 12.5. The Morgan fingerprint density at radius 1 is 0.800 bits per heavy atom. The van der Waals surface area contributed by atoms with Crippen LogP contribution in [0, 0.1) is 0 Å². The van der Waals surface area contributed by atoms with Crippen LogP contribution >= 0.6 is 0 Å². The normalized spacial score (nSPS) is 10.4. The van der Waals surface area contributed by atoms with Crippen LogP contribution in [0.25, 0.3) is 0 Å². The minimum Gasteiger partial charge on any atom is -0.457 e. The van der Waals surface area contributed by atoms with Gasteiger partial charge in [-0.1, -0.05) is 81.1 Å². The first kappa shape index (κ1) is 18.9. The molecule has 0 aliphatic heterocycles. The van der Waals surface area contributed by atoms with Crippen LogP contribution in [0.4, 0.5) is 0 Å². The number of unbranched alkanes of at least 4 members (excludes halogenated alkanes) is 4. The van der Waals surface area contributed by atoms with Crippen molar-refractivity contribution in [3.63, 3.8) is 0 Å². The molecule has 0 saturated heterocycles. The predicted molar refractivity (Wildman–Crippen MR) is 99.7 cm³/mol. The van der Waals surface area contributed by atoms with Gasteiger partial charge < -0.3 is 4.74 Å². The van der Waals surface area contributed by atoms with Crippen molar-refractivity contribution >= 4 is 11.8 Å². The van der Waals surface area contributed by atoms with E-state index in [4.69, 9.17) is 4.74 Å². The van der Waals surface area contributed by atoms with Crippen LogP contribution in [0.2, 0.25) is 0 Å². The van der Waals surface area contributed by atoms with Crippen LogP contribution in [-0.2, 0) is 11.3 Å². The number of ether oxygens (including phenoxy) is 1. The SMILES string of the molecule is CCCCCCCC(=O)c1ccccc1C(=O)OCc1ccccc1. The molecule has 0 aliphatic carbocycles. The Hall–Kier alpha value is -2.42. The van der Waals surface area contributed by atoms with E-state index < -0.39 is 5.97 Å². The molecule has 2 aromatic rings. The van der Waals surface area contributed by atoms with Crippen molar-refractivity contribution in [2.24, 2.45) is 0 Å². The lowest BCUT2D eigenvalue weighted by atomic mass is 9.99. The Labute approximate surface area is 150 Å². The summed E-state index contributed by atoms with van der Waals surface area (Å²) in [6.45, 7) is 2.38. The van der Waals surface area contributed by atoms with Crippen LogP contribution in [0.5, 0.6) is 0 Å². The van der Waals surface area contributed by atoms with E-state index in [0.717, 1.165) is 24.8 Å². The van der Waals surface area contributed by atoms with Crippen molar-refractivity contribution in [1.29, 1.82) is 0 Å². The maximum absolute atomic E-state index is 12.5. The summed E-state index contributed by atoms with van der Waals surface area (Å²) in [4.78, 5) is 24.9. The van der Waals surface area contributed by atoms with E-state index in [2.05, 4.69) is 6.92 Å². The van der Waals surface area contributed by atoms with Gasteiger partial charge in [0.1, 0.15) is 6.61 Å². The first-order valence-electron chi connectivity index (χ1n) is 9.05. The number of carbonyl (C=O) groups is 2. The Morgan fingerprint density at radius 2 is 1.44 bits per heavy atom. The second-order valence-corrected chi connectivity index (χ2v) is 6.19. The van der Waals surface area contributed by atoms with Crippen LogP contribution < -0.4 is 0 Å². The van der Waals surface area contributed by atoms with Crippen molar-refractivity contribution in [1.82, 2.24) is 0 Å². The fraction of sp³-hybridized carbons (Fsp3) is 0.364. The summed E-state index contributed by atoms with van der Waals surface area (Å²) in [7, 11) is 0. The molecule has 0 atom stereocenters. The van der Waals surface area contributed by atoms with Gasteiger partial charge in [0.25, 0.3) is 0 Å². The van der Waals surface area contributed by atoms with Gasteiger partial charge in [-0.25, -0.2) is 4.79 Å². The minimum atomic E-state index is -0.446. The van der Waals surface area contributed by atoms with E-state index in [1.54, 1.807) is 24.3 Å². The Balaban J connectivity index is 1.94. The average Bonchev–Trinajstić information content (AvgIpc) is 2.66. The first-order valence-corrected chi connectivity index (χ1v) is 9.05. The standard InChI is InChI=1S/C22H26O3/c1-2-3-4-5-9-16-21(23)19-14-10-11-15-20(19)22(24)25-17-18-12-7-6-8-13-18/h6-8,10-15H,2-5,9,16-17H2,1H3. The number of hydrogen-bond donors (Lipinski definition) is 0. The molecule has 0 unspecified atom stereocenters. The third-order valence-corrected chi connectivity index (χ3v) is 4.17. The first-order chi connectivity index (χ1) is 12.2. The zero-order valence-electron chi connectivity index (χ0n) is 14.9. The topological polar surface area (TPSA) is 43.4 Å². The minimum absolute atomic E-state index is 0.0174. The molecule has 3 heteroatoms. The molecular weight excluding hydrogens is 312 g/mol. The van der Waals surface area contributed by atoms with Gasteiger partial charge in [0.15, 0.2) is 5.78 Å². The molecule has 0 spiro atoms. The Kier molecular flexibility index (Phi) is 7.90. The van der Waals surface area contributed by atoms with E-state index in [0.29, 0.717) is 17.5 Å². The third kappa shape index (κ3) is 6.18. The highest BCUT2D eigenvalue weighted by Gasteiger charge is 2.17. The van der Waals surface area contributed by atoms with Gasteiger partial charge in [0, 0.05) is 12.0 Å². The van der Waals surface area contributed by atoms with Gasteiger partial charge in [-0.05, 0) is 18.1 Å². The zero-order valence-corrected chi connectivity index (χ0v) is 14.9. The number of ketones is 1. The van der Waals surface area contributed by atoms with Gasteiger partial charge in [-0.3, -0.25) is 4.79 Å². The van der Waals surface area contributed by atoms with Crippen LogP contribution in [0.1, 0.15) is 71.7 Å². The lowest BCUT2D eigenvalue weighted by Gasteiger charge is -2.09. The van der Waals surface area contributed by atoms with Crippen LogP contribution in [0.3, 0.4) is 0 Å². The number of benzene rings is 2. The molecule has 0 amide bonds. The average molecular weight is 338 g/mol. The van der Waals surface area contributed by atoms with Gasteiger partial charge in [-0.15, -0.1) is 0 Å². The van der Waals surface area contributed by atoms with Gasteiger partial charge in [-0.2, -0.15) is 0 Å². The Morgan fingerprint density at radius 3 is 2.16 bits per heavy atom. The summed E-state index contributed by atoms with van der Waals surface area (Å²) in [6, 6.07) is 16.5. The van der Waals surface area contributed by atoms with Crippen molar-refractivity contribution in [3.05, 3.63) is 71.3 Å². The molecular formula is C22H26O3. The van der Waals surface area contributed by atoms with Crippen LogP contribution in [0.15, 0.2) is 54.6 Å². The fourth-order valence-electron chi connectivity index (χ4n) is 2.73. The zero-order chi connectivity index (χ0) is 17.9. The number of Topliss-reactive ketones (excluding diaryl/α,β-unsaturated/α-hetero) is 1. The smallest absolute Gasteiger partial charge is 0.339 e. The summed E-state index contributed by atoms with van der Waals surface area (Å²) in [5.74, 6) is -0.428. The molecule has 0 saturated carbocycles. The van der Waals surface area contributed by atoms with Crippen molar-refractivity contribution in [2.45, 2.75) is 52.1 Å². The fourth-order valence-corrected chi connectivity index (χ4v) is 2.73. The molecule has 0 radical (unpaired) electrons. The third-order valence-electron chi connectivity index (χ3n) is 4.17. The highest BCUT2D eigenvalue weighted by molar-refractivity contribution is 6.06. The molecule has 25 heavy (non-hydrogen) atoms. The Bertz CT molecular complexity index is 677. The van der Waals surface area contributed by atoms with Crippen molar-refractivity contribution < 1.29 is 14.3 Å². The highest BCUT2D eigenvalue weighted by Crippen LogP contribution is 2.16. The number of hydrogen-bond acceptors (Lipinski definition) is 3. The van der Waals surface area contributed by atoms with Gasteiger partial charge in [0.05, 0.1) is 5.56 Å². The lowest BCUT2D eigenvalue weighted by Crippen LogP contribution is -2.12. The predicted octanol–water partition coefficient (Wildman–Crippen LogP) is 5.59. The van der Waals surface area contributed by atoms with E-state index in [9.17, 15) is 9.59 Å². The summed E-state index contributed by atoms with van der Waals surface area (Å²) in [5.41, 5.74) is 1.75. The van der Waals surface area contributed by atoms with Gasteiger partial charge in [0.2, 0.25) is 0 Å². The summed E-state index contributed by atoms with van der Waals surface area (Å²) < 4.78 is 5.37. The molecule has 132 valence electrons. The van der Waals surface area contributed by atoms with E-state index >= 15 is 0 Å². The summed E-state index contributed by atoms with van der Waals surface area (Å²) in [5, 5.41) is 0.